The first-order chi connectivity index (χ1) is 18.2. The zero-order valence-corrected chi connectivity index (χ0v) is 22.9. The first-order valence-electron chi connectivity index (χ1n) is 12.5. The maximum absolute atomic E-state index is 13.9. The number of carbonyl (C=O) groups excluding carboxylic acids is 2. The van der Waals surface area contributed by atoms with Crippen LogP contribution in [-0.4, -0.2) is 30.8 Å². The van der Waals surface area contributed by atoms with Crippen molar-refractivity contribution in [3.63, 3.8) is 0 Å². The number of carbonyl (C=O) groups is 2. The number of anilines is 2. The Bertz CT molecular complexity index is 1440. The highest BCUT2D eigenvalue weighted by atomic mass is 35.5. The second kappa shape index (κ2) is 12.0. The van der Waals surface area contributed by atoms with Crippen molar-refractivity contribution >= 4 is 34.8 Å². The molecule has 0 fully saturated rings. The molecule has 0 spiro atoms. The van der Waals surface area contributed by atoms with Gasteiger partial charge in [0.1, 0.15) is 0 Å². The van der Waals surface area contributed by atoms with Crippen LogP contribution in [0.4, 0.5) is 11.4 Å². The van der Waals surface area contributed by atoms with Crippen LogP contribution in [-0.2, 0) is 6.54 Å². The SMILES string of the molecule is Cc1cccc(C(=O)N(Cc2cc(NC(=O)c3ccccc3Cl)ccc2N(C)C)[C@@H](C)c2ccccc2)c1. The van der Waals surface area contributed by atoms with Crippen LogP contribution in [0.5, 0.6) is 0 Å². The minimum Gasteiger partial charge on any atom is -0.377 e. The number of aryl methyl sites for hydroxylation is 1. The van der Waals surface area contributed by atoms with Gasteiger partial charge in [0.05, 0.1) is 16.6 Å². The van der Waals surface area contributed by atoms with Gasteiger partial charge in [-0.2, -0.15) is 0 Å². The van der Waals surface area contributed by atoms with Crippen molar-refractivity contribution in [3.05, 3.63) is 130 Å². The molecule has 0 saturated heterocycles. The highest BCUT2D eigenvalue weighted by Crippen LogP contribution is 2.30. The fourth-order valence-electron chi connectivity index (χ4n) is 4.49. The van der Waals surface area contributed by atoms with E-state index in [-0.39, 0.29) is 17.9 Å². The molecule has 38 heavy (non-hydrogen) atoms. The number of hydrogen-bond acceptors (Lipinski definition) is 3. The molecular weight excluding hydrogens is 494 g/mol. The van der Waals surface area contributed by atoms with Gasteiger partial charge < -0.3 is 15.1 Å². The summed E-state index contributed by atoms with van der Waals surface area (Å²) in [4.78, 5) is 30.7. The van der Waals surface area contributed by atoms with Crippen LogP contribution in [0.3, 0.4) is 0 Å². The maximum atomic E-state index is 13.9. The molecule has 0 heterocycles. The van der Waals surface area contributed by atoms with Crippen molar-refractivity contribution in [1.82, 2.24) is 4.90 Å². The van der Waals surface area contributed by atoms with Crippen molar-refractivity contribution in [2.45, 2.75) is 26.4 Å². The van der Waals surface area contributed by atoms with Crippen LogP contribution in [0.25, 0.3) is 0 Å². The fraction of sp³-hybridized carbons (Fsp3) is 0.188. The van der Waals surface area contributed by atoms with Gasteiger partial charge in [0.15, 0.2) is 0 Å². The van der Waals surface area contributed by atoms with Gasteiger partial charge in [-0.15, -0.1) is 0 Å². The summed E-state index contributed by atoms with van der Waals surface area (Å²) in [5.74, 6) is -0.343. The third-order valence-electron chi connectivity index (χ3n) is 6.55. The number of rotatable bonds is 8. The van der Waals surface area contributed by atoms with E-state index in [9.17, 15) is 9.59 Å². The summed E-state index contributed by atoms with van der Waals surface area (Å²) in [7, 11) is 3.93. The summed E-state index contributed by atoms with van der Waals surface area (Å²) in [5.41, 5.74) is 5.62. The van der Waals surface area contributed by atoms with E-state index in [0.717, 1.165) is 22.4 Å². The molecule has 0 saturated carbocycles. The normalized spacial score (nSPS) is 11.5. The smallest absolute Gasteiger partial charge is 0.257 e. The largest absolute Gasteiger partial charge is 0.377 e. The second-order valence-corrected chi connectivity index (χ2v) is 9.97. The van der Waals surface area contributed by atoms with Gasteiger partial charge in [0.2, 0.25) is 0 Å². The number of nitrogens with zero attached hydrogens (tertiary/aromatic N) is 2. The molecule has 0 bridgehead atoms. The molecule has 0 radical (unpaired) electrons. The third-order valence-corrected chi connectivity index (χ3v) is 6.88. The molecule has 0 aromatic heterocycles. The molecule has 0 unspecified atom stereocenters. The standard InChI is InChI=1S/C32H32ClN3O2/c1-22-11-10-14-25(19-22)32(38)36(23(2)24-12-6-5-7-13-24)21-26-20-27(17-18-30(26)35(3)4)34-31(37)28-15-8-9-16-29(28)33/h5-20,23H,21H2,1-4H3,(H,34,37)/t23-/m0/s1. The van der Waals surface area contributed by atoms with Crippen molar-refractivity contribution in [3.8, 4) is 0 Å². The lowest BCUT2D eigenvalue weighted by Crippen LogP contribution is -2.34. The van der Waals surface area contributed by atoms with Gasteiger partial charge in [-0.25, -0.2) is 0 Å². The van der Waals surface area contributed by atoms with Crippen molar-refractivity contribution < 1.29 is 9.59 Å². The van der Waals surface area contributed by atoms with Crippen molar-refractivity contribution in [2.75, 3.05) is 24.3 Å². The third kappa shape index (κ3) is 6.24. The van der Waals surface area contributed by atoms with Crippen LogP contribution < -0.4 is 10.2 Å². The van der Waals surface area contributed by atoms with E-state index in [4.69, 9.17) is 11.6 Å². The molecule has 4 aromatic carbocycles. The van der Waals surface area contributed by atoms with Crippen LogP contribution in [0, 0.1) is 6.92 Å². The fourth-order valence-corrected chi connectivity index (χ4v) is 4.72. The summed E-state index contributed by atoms with van der Waals surface area (Å²) in [6, 6.07) is 30.2. The first-order valence-corrected chi connectivity index (χ1v) is 12.9. The van der Waals surface area contributed by atoms with Crippen LogP contribution in [0.1, 0.15) is 50.4 Å². The minimum absolute atomic E-state index is 0.0553. The number of benzene rings is 4. The van der Waals surface area contributed by atoms with Crippen LogP contribution in [0.15, 0.2) is 97.1 Å². The van der Waals surface area contributed by atoms with Gasteiger partial charge in [-0.1, -0.05) is 71.8 Å². The van der Waals surface area contributed by atoms with E-state index in [1.807, 2.05) is 111 Å². The minimum atomic E-state index is -0.288. The van der Waals surface area contributed by atoms with E-state index in [2.05, 4.69) is 5.32 Å². The highest BCUT2D eigenvalue weighted by molar-refractivity contribution is 6.34. The Labute approximate surface area is 229 Å². The molecule has 4 rings (SSSR count). The van der Waals surface area contributed by atoms with Crippen molar-refractivity contribution in [2.24, 2.45) is 0 Å². The highest BCUT2D eigenvalue weighted by Gasteiger charge is 2.25. The molecule has 1 atom stereocenters. The zero-order chi connectivity index (χ0) is 27.2. The Morgan fingerprint density at radius 3 is 2.26 bits per heavy atom. The Hall–Kier alpha value is -4.09. The van der Waals surface area contributed by atoms with Gasteiger partial charge in [-0.3, -0.25) is 9.59 Å². The quantitative estimate of drug-likeness (QED) is 0.261. The molecule has 2 amide bonds. The molecule has 0 aliphatic heterocycles. The number of hydrogen-bond donors (Lipinski definition) is 1. The summed E-state index contributed by atoms with van der Waals surface area (Å²) in [5, 5.41) is 3.35. The molecule has 5 nitrogen and oxygen atoms in total. The molecule has 0 aliphatic rings. The molecule has 194 valence electrons. The Kier molecular flexibility index (Phi) is 8.49. The Morgan fingerprint density at radius 1 is 0.868 bits per heavy atom. The monoisotopic (exact) mass is 525 g/mol. The predicted octanol–water partition coefficient (Wildman–Crippen LogP) is 7.37. The Balaban J connectivity index is 1.71. The van der Waals surface area contributed by atoms with E-state index < -0.39 is 0 Å². The van der Waals surface area contributed by atoms with Crippen molar-refractivity contribution in [1.29, 1.82) is 0 Å². The van der Waals surface area contributed by atoms with E-state index >= 15 is 0 Å². The van der Waals surface area contributed by atoms with E-state index in [1.54, 1.807) is 24.3 Å². The average molecular weight is 526 g/mol. The first kappa shape index (κ1) is 27.0. The zero-order valence-electron chi connectivity index (χ0n) is 22.1. The van der Waals surface area contributed by atoms with Crippen LogP contribution in [0.2, 0.25) is 5.02 Å². The lowest BCUT2D eigenvalue weighted by atomic mass is 10.0. The average Bonchev–Trinajstić information content (AvgIpc) is 2.91. The molecule has 0 aliphatic carbocycles. The summed E-state index contributed by atoms with van der Waals surface area (Å²) in [6.07, 6.45) is 0. The maximum Gasteiger partial charge on any atom is 0.257 e. The lowest BCUT2D eigenvalue weighted by Gasteiger charge is -2.32. The Morgan fingerprint density at radius 2 is 1.58 bits per heavy atom. The number of nitrogens with one attached hydrogen (secondary N) is 1. The van der Waals surface area contributed by atoms with Gasteiger partial charge in [0, 0.05) is 37.6 Å². The molecule has 4 aromatic rings. The predicted molar refractivity (Wildman–Crippen MR) is 156 cm³/mol. The molecule has 1 N–H and O–H groups in total. The summed E-state index contributed by atoms with van der Waals surface area (Å²) < 4.78 is 0. The van der Waals surface area contributed by atoms with Gasteiger partial charge in [0.25, 0.3) is 11.8 Å². The van der Waals surface area contributed by atoms with Gasteiger partial charge >= 0.3 is 0 Å². The van der Waals surface area contributed by atoms with Gasteiger partial charge in [-0.05, 0) is 67.4 Å². The summed E-state index contributed by atoms with van der Waals surface area (Å²) >= 11 is 6.24. The van der Waals surface area contributed by atoms with E-state index in [1.165, 1.54) is 0 Å². The number of halogens is 1. The van der Waals surface area contributed by atoms with Crippen LogP contribution >= 0.6 is 11.6 Å². The molecular formula is C32H32ClN3O2. The summed E-state index contributed by atoms with van der Waals surface area (Å²) in [6.45, 7) is 4.38. The van der Waals surface area contributed by atoms with E-state index in [0.29, 0.717) is 28.4 Å². The lowest BCUT2D eigenvalue weighted by molar-refractivity contribution is 0.0674. The topological polar surface area (TPSA) is 52.7 Å². The molecule has 6 heteroatoms. The second-order valence-electron chi connectivity index (χ2n) is 9.56. The number of amides is 2.